The van der Waals surface area contributed by atoms with Crippen molar-refractivity contribution in [3.8, 4) is 0 Å². The van der Waals surface area contributed by atoms with Gasteiger partial charge in [-0.3, -0.25) is 9.63 Å². The summed E-state index contributed by atoms with van der Waals surface area (Å²) in [6, 6.07) is 12.1. The summed E-state index contributed by atoms with van der Waals surface area (Å²) in [6.45, 7) is 3.77. The van der Waals surface area contributed by atoms with Crippen LogP contribution in [-0.4, -0.2) is 43.9 Å². The van der Waals surface area contributed by atoms with Crippen LogP contribution in [-0.2, 0) is 32.6 Å². The van der Waals surface area contributed by atoms with Gasteiger partial charge >= 0.3 is 0 Å². The molecule has 0 aliphatic carbocycles. The Hall–Kier alpha value is -2.22. The van der Waals surface area contributed by atoms with Crippen LogP contribution in [0.4, 0.5) is 0 Å². The molecule has 0 radical (unpaired) electrons. The summed E-state index contributed by atoms with van der Waals surface area (Å²) in [5.41, 5.74) is 3.41. The third-order valence-corrected chi connectivity index (χ3v) is 7.00. The maximum absolute atomic E-state index is 13.5. The van der Waals surface area contributed by atoms with Gasteiger partial charge in [-0.25, -0.2) is 13.5 Å². The van der Waals surface area contributed by atoms with Crippen molar-refractivity contribution < 1.29 is 18.0 Å². The Morgan fingerprint density at radius 2 is 1.81 bits per heavy atom. The Morgan fingerprint density at radius 3 is 2.48 bits per heavy atom. The maximum Gasteiger partial charge on any atom is 0.264 e. The van der Waals surface area contributed by atoms with Crippen LogP contribution in [0, 0.1) is 13.8 Å². The Balaban J connectivity index is 2.11. The summed E-state index contributed by atoms with van der Waals surface area (Å²) in [4.78, 5) is 18.1. The maximum atomic E-state index is 13.5. The average Bonchev–Trinajstić information content (AvgIpc) is 2.67. The van der Waals surface area contributed by atoms with Gasteiger partial charge in [-0.2, -0.15) is 4.31 Å². The van der Waals surface area contributed by atoms with Crippen LogP contribution in [0.25, 0.3) is 0 Å². The van der Waals surface area contributed by atoms with Gasteiger partial charge in [0.05, 0.1) is 12.0 Å². The average molecular weight is 388 g/mol. The second-order valence-corrected chi connectivity index (χ2v) is 8.69. The van der Waals surface area contributed by atoms with E-state index in [1.165, 1.54) is 18.5 Å². The lowest BCUT2D eigenvalue weighted by atomic mass is 9.95. The molecule has 2 aromatic rings. The quantitative estimate of drug-likeness (QED) is 0.755. The van der Waals surface area contributed by atoms with E-state index in [2.05, 4.69) is 0 Å². The number of fused-ring (bicyclic) bond motifs is 1. The molecule has 0 N–H and O–H groups in total. The fourth-order valence-electron chi connectivity index (χ4n) is 3.37. The normalized spacial score (nSPS) is 17.4. The van der Waals surface area contributed by atoms with Crippen LogP contribution in [0.5, 0.6) is 0 Å². The Bertz CT molecular complexity index is 972. The lowest BCUT2D eigenvalue weighted by molar-refractivity contribution is -0.173. The van der Waals surface area contributed by atoms with E-state index in [0.717, 1.165) is 21.8 Å². The van der Waals surface area contributed by atoms with E-state index in [4.69, 9.17) is 4.84 Å². The third kappa shape index (κ3) is 3.63. The van der Waals surface area contributed by atoms with Crippen molar-refractivity contribution in [2.24, 2.45) is 0 Å². The summed E-state index contributed by atoms with van der Waals surface area (Å²) >= 11 is 0. The molecule has 1 aliphatic rings. The molecule has 0 bridgehead atoms. The molecular weight excluding hydrogens is 364 g/mol. The van der Waals surface area contributed by atoms with Crippen LogP contribution < -0.4 is 0 Å². The topological polar surface area (TPSA) is 66.9 Å². The highest BCUT2D eigenvalue weighted by molar-refractivity contribution is 7.89. The molecule has 2 aromatic carbocycles. The largest absolute Gasteiger partial charge is 0.275 e. The summed E-state index contributed by atoms with van der Waals surface area (Å²) in [5, 5.41) is 1.09. The molecule has 3 rings (SSSR count). The first kappa shape index (κ1) is 19.5. The zero-order chi connectivity index (χ0) is 19.8. The van der Waals surface area contributed by atoms with Crippen LogP contribution in [0.2, 0.25) is 0 Å². The molecule has 1 heterocycles. The fourth-order valence-corrected chi connectivity index (χ4v) is 5.24. The van der Waals surface area contributed by atoms with Gasteiger partial charge in [-0.1, -0.05) is 36.4 Å². The number of amides is 1. The van der Waals surface area contributed by atoms with Gasteiger partial charge in [-0.15, -0.1) is 0 Å². The number of hydroxylamine groups is 2. The van der Waals surface area contributed by atoms with E-state index >= 15 is 0 Å². The second kappa shape index (κ2) is 7.42. The van der Waals surface area contributed by atoms with Crippen LogP contribution >= 0.6 is 0 Å². The van der Waals surface area contributed by atoms with E-state index in [1.807, 2.05) is 37.3 Å². The highest BCUT2D eigenvalue weighted by atomic mass is 32.2. The first-order chi connectivity index (χ1) is 12.8. The molecule has 0 fully saturated rings. The Labute approximate surface area is 160 Å². The van der Waals surface area contributed by atoms with Crippen molar-refractivity contribution in [1.82, 2.24) is 9.37 Å². The van der Waals surface area contributed by atoms with Crippen LogP contribution in [0.15, 0.2) is 47.4 Å². The summed E-state index contributed by atoms with van der Waals surface area (Å²) in [5.74, 6) is -0.388. The minimum atomic E-state index is -3.86. The van der Waals surface area contributed by atoms with Crippen molar-refractivity contribution in [2.75, 3.05) is 14.2 Å². The summed E-state index contributed by atoms with van der Waals surface area (Å²) in [7, 11) is -0.985. The molecule has 0 saturated carbocycles. The molecule has 1 atom stereocenters. The number of nitrogens with zero attached hydrogens (tertiary/aromatic N) is 2. The molecular formula is C20H24N2O4S. The molecule has 144 valence electrons. The van der Waals surface area contributed by atoms with Gasteiger partial charge in [0.15, 0.2) is 0 Å². The number of benzene rings is 2. The van der Waals surface area contributed by atoms with Crippen LogP contribution in [0.3, 0.4) is 0 Å². The molecule has 0 spiro atoms. The number of carbonyl (C=O) groups is 1. The van der Waals surface area contributed by atoms with Gasteiger partial charge < -0.3 is 0 Å². The van der Waals surface area contributed by atoms with Crippen LogP contribution in [0.1, 0.15) is 22.3 Å². The van der Waals surface area contributed by atoms with Gasteiger partial charge in [0.2, 0.25) is 10.0 Å². The van der Waals surface area contributed by atoms with Crippen molar-refractivity contribution in [2.45, 2.75) is 37.8 Å². The summed E-state index contributed by atoms with van der Waals surface area (Å²) < 4.78 is 28.3. The minimum absolute atomic E-state index is 0.153. The van der Waals surface area contributed by atoms with E-state index in [0.29, 0.717) is 12.0 Å². The first-order valence-electron chi connectivity index (χ1n) is 8.73. The number of rotatable bonds is 4. The molecule has 0 saturated heterocycles. The molecule has 0 aromatic heterocycles. The lowest BCUT2D eigenvalue weighted by Gasteiger charge is -2.36. The summed E-state index contributed by atoms with van der Waals surface area (Å²) in [6.07, 6.45) is 0.312. The molecule has 6 nitrogen and oxygen atoms in total. The molecule has 1 aliphatic heterocycles. The third-order valence-electron chi connectivity index (χ3n) is 5.01. The van der Waals surface area contributed by atoms with Crippen molar-refractivity contribution in [3.05, 3.63) is 64.7 Å². The van der Waals surface area contributed by atoms with Crippen molar-refractivity contribution in [3.63, 3.8) is 0 Å². The smallest absolute Gasteiger partial charge is 0.264 e. The Kier molecular flexibility index (Phi) is 5.37. The number of aryl methyl sites for hydroxylation is 2. The van der Waals surface area contributed by atoms with Gasteiger partial charge in [0, 0.05) is 13.6 Å². The minimum Gasteiger partial charge on any atom is -0.275 e. The molecule has 7 heteroatoms. The number of hydrogen-bond donors (Lipinski definition) is 0. The standard InChI is InChI=1S/C20H24N2O4S/c1-14-9-10-15(2)19(11-14)27(24,25)22-13-17-8-6-5-7-16(17)12-18(22)20(23)21(3)26-4/h5-11,18H,12-13H2,1-4H3. The SMILES string of the molecule is CON(C)C(=O)C1Cc2ccccc2CN1S(=O)(=O)c1cc(C)ccc1C. The number of carbonyl (C=O) groups excluding carboxylic acids is 1. The monoisotopic (exact) mass is 388 g/mol. The Morgan fingerprint density at radius 1 is 1.15 bits per heavy atom. The highest BCUT2D eigenvalue weighted by Crippen LogP contribution is 2.31. The van der Waals surface area contributed by atoms with Crippen molar-refractivity contribution in [1.29, 1.82) is 0 Å². The molecule has 1 unspecified atom stereocenters. The van der Waals surface area contributed by atoms with Crippen molar-refractivity contribution >= 4 is 15.9 Å². The van der Waals surface area contributed by atoms with Gasteiger partial charge in [0.1, 0.15) is 6.04 Å². The predicted octanol–water partition coefficient (Wildman–Crippen LogP) is 2.44. The lowest BCUT2D eigenvalue weighted by Crippen LogP contribution is -2.52. The fraction of sp³-hybridized carbons (Fsp3) is 0.350. The highest BCUT2D eigenvalue weighted by Gasteiger charge is 2.41. The van der Waals surface area contributed by atoms with E-state index in [-0.39, 0.29) is 17.3 Å². The van der Waals surface area contributed by atoms with Gasteiger partial charge in [-0.05, 0) is 48.6 Å². The second-order valence-electron chi connectivity index (χ2n) is 6.83. The number of sulfonamides is 1. The predicted molar refractivity (Wildman–Crippen MR) is 102 cm³/mol. The zero-order valence-corrected chi connectivity index (χ0v) is 16.8. The first-order valence-corrected chi connectivity index (χ1v) is 10.2. The van der Waals surface area contributed by atoms with E-state index in [1.54, 1.807) is 19.1 Å². The van der Waals surface area contributed by atoms with Gasteiger partial charge in [0.25, 0.3) is 5.91 Å². The molecule has 27 heavy (non-hydrogen) atoms. The van der Waals surface area contributed by atoms with E-state index in [9.17, 15) is 13.2 Å². The zero-order valence-electron chi connectivity index (χ0n) is 16.0. The molecule has 1 amide bonds. The number of hydrogen-bond acceptors (Lipinski definition) is 4. The van der Waals surface area contributed by atoms with E-state index < -0.39 is 16.1 Å². The number of likely N-dealkylation sites (N-methyl/N-ethyl adjacent to an activating group) is 1.